The second-order valence-corrected chi connectivity index (χ2v) is 5.89. The van der Waals surface area contributed by atoms with Crippen LogP contribution in [0.25, 0.3) is 0 Å². The fourth-order valence-electron chi connectivity index (χ4n) is 3.74. The van der Waals surface area contributed by atoms with Gasteiger partial charge in [-0.05, 0) is 37.8 Å². The molecule has 0 heterocycles. The van der Waals surface area contributed by atoms with Crippen molar-refractivity contribution in [2.45, 2.75) is 78.7 Å². The monoisotopic (exact) mass is 239 g/mol. The van der Waals surface area contributed by atoms with Crippen LogP contribution in [0.2, 0.25) is 0 Å². The molecule has 0 bridgehead atoms. The van der Waals surface area contributed by atoms with E-state index >= 15 is 0 Å². The molecule has 0 aliphatic heterocycles. The minimum atomic E-state index is 0.860. The van der Waals surface area contributed by atoms with Gasteiger partial charge in [0.05, 0.1) is 0 Å². The molecule has 0 aromatic heterocycles. The van der Waals surface area contributed by atoms with E-state index in [0.29, 0.717) is 0 Å². The first-order chi connectivity index (χ1) is 8.24. The van der Waals surface area contributed by atoms with Gasteiger partial charge < -0.3 is 4.90 Å². The lowest BCUT2D eigenvalue weighted by Gasteiger charge is -2.37. The van der Waals surface area contributed by atoms with Crippen LogP contribution in [0.3, 0.4) is 0 Å². The Morgan fingerprint density at radius 2 is 1.71 bits per heavy atom. The summed E-state index contributed by atoms with van der Waals surface area (Å²) >= 11 is 0. The highest BCUT2D eigenvalue weighted by Gasteiger charge is 2.30. The topological polar surface area (TPSA) is 3.24 Å². The van der Waals surface area contributed by atoms with Crippen molar-refractivity contribution >= 4 is 0 Å². The molecule has 1 rings (SSSR count). The smallest absolute Gasteiger partial charge is 0.0123 e. The van der Waals surface area contributed by atoms with E-state index < -0.39 is 0 Å². The van der Waals surface area contributed by atoms with Gasteiger partial charge in [-0.2, -0.15) is 0 Å². The lowest BCUT2D eigenvalue weighted by Crippen LogP contribution is -2.41. The second kappa shape index (κ2) is 8.13. The third kappa shape index (κ3) is 4.28. The highest BCUT2D eigenvalue weighted by molar-refractivity contribution is 4.84. The highest BCUT2D eigenvalue weighted by atomic mass is 15.1. The Kier molecular flexibility index (Phi) is 7.18. The van der Waals surface area contributed by atoms with E-state index in [1.54, 1.807) is 0 Å². The zero-order valence-electron chi connectivity index (χ0n) is 12.5. The summed E-state index contributed by atoms with van der Waals surface area (Å²) in [6, 6.07) is 0.860. The van der Waals surface area contributed by atoms with Crippen molar-refractivity contribution in [3.8, 4) is 0 Å². The van der Waals surface area contributed by atoms with Crippen molar-refractivity contribution in [2.24, 2.45) is 11.8 Å². The van der Waals surface area contributed by atoms with E-state index in [-0.39, 0.29) is 0 Å². The maximum Gasteiger partial charge on any atom is 0.0123 e. The van der Waals surface area contributed by atoms with Gasteiger partial charge in [-0.3, -0.25) is 0 Å². The molecule has 0 N–H and O–H groups in total. The van der Waals surface area contributed by atoms with Gasteiger partial charge in [0.1, 0.15) is 0 Å². The largest absolute Gasteiger partial charge is 0.300 e. The van der Waals surface area contributed by atoms with Crippen LogP contribution in [0.4, 0.5) is 0 Å². The summed E-state index contributed by atoms with van der Waals surface area (Å²) in [7, 11) is 0. The fraction of sp³-hybridized carbons (Fsp3) is 1.00. The van der Waals surface area contributed by atoms with Crippen LogP contribution in [-0.4, -0.2) is 24.0 Å². The van der Waals surface area contributed by atoms with Crippen LogP contribution in [0.1, 0.15) is 72.6 Å². The number of hydrogen-bond donors (Lipinski definition) is 0. The van der Waals surface area contributed by atoms with Gasteiger partial charge in [-0.25, -0.2) is 0 Å². The third-order valence-corrected chi connectivity index (χ3v) is 4.72. The Morgan fingerprint density at radius 3 is 2.29 bits per heavy atom. The molecule has 3 unspecified atom stereocenters. The molecule has 1 nitrogen and oxygen atoms in total. The molecule has 0 radical (unpaired) electrons. The van der Waals surface area contributed by atoms with E-state index in [0.717, 1.165) is 17.9 Å². The SMILES string of the molecule is CCCC1CCCCC(N(CC)CCC)C1C. The molecule has 0 saturated heterocycles. The number of hydrogen-bond acceptors (Lipinski definition) is 1. The van der Waals surface area contributed by atoms with Crippen molar-refractivity contribution in [1.82, 2.24) is 4.90 Å². The van der Waals surface area contributed by atoms with Gasteiger partial charge in [0.2, 0.25) is 0 Å². The average molecular weight is 239 g/mol. The Balaban J connectivity index is 2.66. The lowest BCUT2D eigenvalue weighted by molar-refractivity contribution is 0.117. The maximum atomic E-state index is 2.75. The van der Waals surface area contributed by atoms with Crippen LogP contribution < -0.4 is 0 Å². The predicted molar refractivity (Wildman–Crippen MR) is 77.4 cm³/mol. The molecule has 1 saturated carbocycles. The average Bonchev–Trinajstić information content (AvgIpc) is 2.51. The fourth-order valence-corrected chi connectivity index (χ4v) is 3.74. The molecule has 0 aromatic carbocycles. The quantitative estimate of drug-likeness (QED) is 0.607. The molecule has 1 aliphatic carbocycles. The number of rotatable bonds is 6. The summed E-state index contributed by atoms with van der Waals surface area (Å²) in [5.41, 5.74) is 0. The van der Waals surface area contributed by atoms with Crippen molar-refractivity contribution in [1.29, 1.82) is 0 Å². The minimum Gasteiger partial charge on any atom is -0.300 e. The molecular formula is C16H33N. The van der Waals surface area contributed by atoms with E-state index in [1.165, 1.54) is 58.0 Å². The lowest BCUT2D eigenvalue weighted by atomic mass is 9.82. The normalized spacial score (nSPS) is 30.5. The van der Waals surface area contributed by atoms with Gasteiger partial charge in [0.15, 0.2) is 0 Å². The Morgan fingerprint density at radius 1 is 1.00 bits per heavy atom. The second-order valence-electron chi connectivity index (χ2n) is 5.89. The van der Waals surface area contributed by atoms with E-state index in [4.69, 9.17) is 0 Å². The van der Waals surface area contributed by atoms with E-state index in [1.807, 2.05) is 0 Å². The van der Waals surface area contributed by atoms with Crippen LogP contribution in [0, 0.1) is 11.8 Å². The third-order valence-electron chi connectivity index (χ3n) is 4.72. The van der Waals surface area contributed by atoms with E-state index in [2.05, 4.69) is 32.6 Å². The first-order valence-corrected chi connectivity index (χ1v) is 7.98. The molecule has 1 aliphatic rings. The van der Waals surface area contributed by atoms with Gasteiger partial charge >= 0.3 is 0 Å². The Bertz CT molecular complexity index is 190. The van der Waals surface area contributed by atoms with Crippen molar-refractivity contribution < 1.29 is 0 Å². The maximum absolute atomic E-state index is 2.75. The van der Waals surface area contributed by atoms with E-state index in [9.17, 15) is 0 Å². The van der Waals surface area contributed by atoms with Crippen molar-refractivity contribution in [2.75, 3.05) is 13.1 Å². The summed E-state index contributed by atoms with van der Waals surface area (Å²) < 4.78 is 0. The predicted octanol–water partition coefficient (Wildman–Crippen LogP) is 4.71. The number of nitrogens with zero attached hydrogens (tertiary/aromatic N) is 1. The summed E-state index contributed by atoms with van der Waals surface area (Å²) in [5, 5.41) is 0. The summed E-state index contributed by atoms with van der Waals surface area (Å²) in [4.78, 5) is 2.75. The van der Waals surface area contributed by atoms with Gasteiger partial charge in [0, 0.05) is 6.04 Å². The highest BCUT2D eigenvalue weighted by Crippen LogP contribution is 2.34. The molecule has 0 amide bonds. The summed E-state index contributed by atoms with van der Waals surface area (Å²) in [5.74, 6) is 1.89. The van der Waals surface area contributed by atoms with Gasteiger partial charge in [-0.1, -0.05) is 59.8 Å². The zero-order chi connectivity index (χ0) is 12.7. The molecule has 17 heavy (non-hydrogen) atoms. The Labute approximate surface area is 109 Å². The first kappa shape index (κ1) is 15.0. The molecule has 1 fully saturated rings. The first-order valence-electron chi connectivity index (χ1n) is 7.98. The van der Waals surface area contributed by atoms with Crippen LogP contribution in [0.5, 0.6) is 0 Å². The van der Waals surface area contributed by atoms with Crippen LogP contribution in [0.15, 0.2) is 0 Å². The molecule has 102 valence electrons. The zero-order valence-corrected chi connectivity index (χ0v) is 12.5. The summed E-state index contributed by atoms with van der Waals surface area (Å²) in [6.45, 7) is 12.0. The minimum absolute atomic E-state index is 0.860. The van der Waals surface area contributed by atoms with Gasteiger partial charge in [0.25, 0.3) is 0 Å². The van der Waals surface area contributed by atoms with Crippen molar-refractivity contribution in [3.63, 3.8) is 0 Å². The van der Waals surface area contributed by atoms with Crippen LogP contribution >= 0.6 is 0 Å². The van der Waals surface area contributed by atoms with Gasteiger partial charge in [-0.15, -0.1) is 0 Å². The van der Waals surface area contributed by atoms with Crippen molar-refractivity contribution in [3.05, 3.63) is 0 Å². The Hall–Kier alpha value is -0.0400. The molecule has 3 atom stereocenters. The molecule has 1 heteroatoms. The summed E-state index contributed by atoms with van der Waals surface area (Å²) in [6.07, 6.45) is 9.95. The molecule has 0 spiro atoms. The molecule has 0 aromatic rings. The van der Waals surface area contributed by atoms with Crippen LogP contribution in [-0.2, 0) is 0 Å². The standard InChI is InChI=1S/C16H33N/c1-5-10-15-11-8-9-12-16(14(15)4)17(7-3)13-6-2/h14-16H,5-13H2,1-4H3. The molecular weight excluding hydrogens is 206 g/mol.